The molecule has 1 atom stereocenters. The second kappa shape index (κ2) is 8.70. The summed E-state index contributed by atoms with van der Waals surface area (Å²) >= 11 is 0. The summed E-state index contributed by atoms with van der Waals surface area (Å²) in [5.41, 5.74) is 5.70. The number of benzene rings is 1. The summed E-state index contributed by atoms with van der Waals surface area (Å²) in [6.07, 6.45) is 5.65. The van der Waals surface area contributed by atoms with Crippen LogP contribution in [0.2, 0.25) is 0 Å². The van der Waals surface area contributed by atoms with E-state index in [-0.39, 0.29) is 29.7 Å². The molecular formula is C15H22ClN3O3. The second-order valence-electron chi connectivity index (χ2n) is 5.49. The summed E-state index contributed by atoms with van der Waals surface area (Å²) in [5, 5.41) is 13.9. The lowest BCUT2D eigenvalue weighted by atomic mass is 9.84. The highest BCUT2D eigenvalue weighted by atomic mass is 35.5. The van der Waals surface area contributed by atoms with Gasteiger partial charge in [-0.05, 0) is 24.8 Å². The van der Waals surface area contributed by atoms with E-state index >= 15 is 0 Å². The van der Waals surface area contributed by atoms with Crippen LogP contribution in [0.5, 0.6) is 0 Å². The Morgan fingerprint density at radius 2 is 1.95 bits per heavy atom. The zero-order chi connectivity index (χ0) is 15.2. The van der Waals surface area contributed by atoms with Gasteiger partial charge in [-0.3, -0.25) is 14.9 Å². The third-order valence-corrected chi connectivity index (χ3v) is 4.13. The van der Waals surface area contributed by atoms with Gasteiger partial charge >= 0.3 is 0 Å². The summed E-state index contributed by atoms with van der Waals surface area (Å²) in [7, 11) is 0. The summed E-state index contributed by atoms with van der Waals surface area (Å²) in [6.45, 7) is 0.358. The standard InChI is InChI=1S/C15H21N3O3.ClH/c16-10-13(11-6-2-1-3-7-11)17-15(19)12-8-4-5-9-14(12)18(20)21;/h4-5,8-9,11,13H,1-3,6-7,10,16H2,(H,17,19);1H. The van der Waals surface area contributed by atoms with Crippen LogP contribution in [0.3, 0.4) is 0 Å². The molecule has 1 amide bonds. The molecule has 0 bridgehead atoms. The number of amides is 1. The Hall–Kier alpha value is -1.66. The first-order valence-corrected chi connectivity index (χ1v) is 7.38. The van der Waals surface area contributed by atoms with Gasteiger partial charge in [-0.2, -0.15) is 0 Å². The fourth-order valence-electron chi connectivity index (χ4n) is 2.98. The van der Waals surface area contributed by atoms with Crippen molar-refractivity contribution in [3.63, 3.8) is 0 Å². The van der Waals surface area contributed by atoms with Crippen LogP contribution in [0.1, 0.15) is 42.5 Å². The van der Waals surface area contributed by atoms with E-state index in [0.717, 1.165) is 25.7 Å². The van der Waals surface area contributed by atoms with Crippen molar-refractivity contribution in [3.05, 3.63) is 39.9 Å². The maximum Gasteiger partial charge on any atom is 0.282 e. The molecule has 1 aliphatic carbocycles. The lowest BCUT2D eigenvalue weighted by Crippen LogP contribution is -2.46. The lowest BCUT2D eigenvalue weighted by molar-refractivity contribution is -0.385. The normalized spacial score (nSPS) is 16.4. The number of hydrogen-bond acceptors (Lipinski definition) is 4. The highest BCUT2D eigenvalue weighted by Gasteiger charge is 2.26. The maximum atomic E-state index is 12.3. The minimum Gasteiger partial charge on any atom is -0.348 e. The van der Waals surface area contributed by atoms with Crippen molar-refractivity contribution in [1.82, 2.24) is 5.32 Å². The van der Waals surface area contributed by atoms with E-state index < -0.39 is 10.8 Å². The van der Waals surface area contributed by atoms with Gasteiger partial charge in [0.15, 0.2) is 0 Å². The monoisotopic (exact) mass is 327 g/mol. The van der Waals surface area contributed by atoms with Crippen molar-refractivity contribution >= 4 is 24.0 Å². The van der Waals surface area contributed by atoms with Crippen LogP contribution in [-0.4, -0.2) is 23.4 Å². The van der Waals surface area contributed by atoms with Crippen LogP contribution in [0, 0.1) is 16.0 Å². The van der Waals surface area contributed by atoms with E-state index in [1.54, 1.807) is 12.1 Å². The van der Waals surface area contributed by atoms with Crippen LogP contribution < -0.4 is 11.1 Å². The molecule has 1 fully saturated rings. The predicted octanol–water partition coefficient (Wildman–Crippen LogP) is 2.65. The van der Waals surface area contributed by atoms with Crippen molar-refractivity contribution in [3.8, 4) is 0 Å². The Labute approximate surface area is 136 Å². The maximum absolute atomic E-state index is 12.3. The molecule has 3 N–H and O–H groups in total. The Kier molecular flexibility index (Phi) is 7.27. The van der Waals surface area contributed by atoms with E-state index in [0.29, 0.717) is 12.5 Å². The number of para-hydroxylation sites is 1. The van der Waals surface area contributed by atoms with Crippen molar-refractivity contribution in [1.29, 1.82) is 0 Å². The Morgan fingerprint density at radius 3 is 2.55 bits per heavy atom. The molecule has 1 unspecified atom stereocenters. The summed E-state index contributed by atoms with van der Waals surface area (Å²) in [4.78, 5) is 22.8. The fourth-order valence-corrected chi connectivity index (χ4v) is 2.98. The molecule has 0 aromatic heterocycles. The number of nitro benzene ring substituents is 1. The zero-order valence-electron chi connectivity index (χ0n) is 12.4. The van der Waals surface area contributed by atoms with E-state index in [9.17, 15) is 14.9 Å². The first-order valence-electron chi connectivity index (χ1n) is 7.38. The lowest BCUT2D eigenvalue weighted by Gasteiger charge is -2.30. The smallest absolute Gasteiger partial charge is 0.282 e. The highest BCUT2D eigenvalue weighted by molar-refractivity contribution is 5.98. The van der Waals surface area contributed by atoms with Gasteiger partial charge in [-0.1, -0.05) is 31.4 Å². The number of nitro groups is 1. The fraction of sp³-hybridized carbons (Fsp3) is 0.533. The number of halogens is 1. The topological polar surface area (TPSA) is 98.3 Å². The number of carbonyl (C=O) groups excluding carboxylic acids is 1. The molecule has 6 nitrogen and oxygen atoms in total. The molecule has 2 rings (SSSR count). The van der Waals surface area contributed by atoms with Gasteiger partial charge in [-0.25, -0.2) is 0 Å². The van der Waals surface area contributed by atoms with Gasteiger partial charge in [0.2, 0.25) is 0 Å². The molecule has 7 heteroatoms. The molecule has 0 spiro atoms. The molecule has 122 valence electrons. The van der Waals surface area contributed by atoms with Crippen LogP contribution in [0.4, 0.5) is 5.69 Å². The van der Waals surface area contributed by atoms with Gasteiger partial charge in [0.1, 0.15) is 5.56 Å². The van der Waals surface area contributed by atoms with Crippen LogP contribution in [0.15, 0.2) is 24.3 Å². The minimum atomic E-state index is -0.535. The Bertz CT molecular complexity index is 519. The average molecular weight is 328 g/mol. The number of nitrogens with one attached hydrogen (secondary N) is 1. The van der Waals surface area contributed by atoms with E-state index in [2.05, 4.69) is 5.32 Å². The number of rotatable bonds is 5. The first-order chi connectivity index (χ1) is 10.1. The van der Waals surface area contributed by atoms with Crippen molar-refractivity contribution in [2.45, 2.75) is 38.1 Å². The molecule has 1 saturated carbocycles. The number of hydrogen-bond donors (Lipinski definition) is 2. The van der Waals surface area contributed by atoms with E-state index in [1.807, 2.05) is 0 Å². The molecule has 0 heterocycles. The SMILES string of the molecule is Cl.NCC(NC(=O)c1ccccc1[N+](=O)[O-])C1CCCCC1. The van der Waals surface area contributed by atoms with Crippen LogP contribution >= 0.6 is 12.4 Å². The van der Waals surface area contributed by atoms with Crippen LogP contribution in [-0.2, 0) is 0 Å². The van der Waals surface area contributed by atoms with E-state index in [1.165, 1.54) is 18.6 Å². The summed E-state index contributed by atoms with van der Waals surface area (Å²) in [6, 6.07) is 5.88. The third kappa shape index (κ3) is 4.42. The molecule has 1 aromatic carbocycles. The first kappa shape index (κ1) is 18.4. The minimum absolute atomic E-state index is 0. The van der Waals surface area contributed by atoms with Gasteiger partial charge in [0, 0.05) is 18.7 Å². The second-order valence-corrected chi connectivity index (χ2v) is 5.49. The van der Waals surface area contributed by atoms with Crippen molar-refractivity contribution < 1.29 is 9.72 Å². The molecule has 0 aliphatic heterocycles. The highest BCUT2D eigenvalue weighted by Crippen LogP contribution is 2.26. The zero-order valence-corrected chi connectivity index (χ0v) is 13.2. The van der Waals surface area contributed by atoms with Crippen molar-refractivity contribution in [2.24, 2.45) is 11.7 Å². The molecule has 0 saturated heterocycles. The number of carbonyl (C=O) groups is 1. The molecule has 22 heavy (non-hydrogen) atoms. The quantitative estimate of drug-likeness (QED) is 0.641. The molecule has 1 aromatic rings. The van der Waals surface area contributed by atoms with Crippen LogP contribution in [0.25, 0.3) is 0 Å². The van der Waals surface area contributed by atoms with Gasteiger partial charge in [0.25, 0.3) is 11.6 Å². The summed E-state index contributed by atoms with van der Waals surface area (Å²) < 4.78 is 0. The third-order valence-electron chi connectivity index (χ3n) is 4.13. The Balaban J connectivity index is 0.00000242. The van der Waals surface area contributed by atoms with E-state index in [4.69, 9.17) is 5.73 Å². The molecule has 0 radical (unpaired) electrons. The molecular weight excluding hydrogens is 306 g/mol. The Morgan fingerprint density at radius 1 is 1.32 bits per heavy atom. The van der Waals surface area contributed by atoms with Gasteiger partial charge < -0.3 is 11.1 Å². The molecule has 1 aliphatic rings. The number of nitrogens with zero attached hydrogens (tertiary/aromatic N) is 1. The van der Waals surface area contributed by atoms with Crippen molar-refractivity contribution in [2.75, 3.05) is 6.54 Å². The summed E-state index contributed by atoms with van der Waals surface area (Å²) in [5.74, 6) is -0.0428. The predicted molar refractivity (Wildman–Crippen MR) is 87.2 cm³/mol. The average Bonchev–Trinajstić information content (AvgIpc) is 2.53. The largest absolute Gasteiger partial charge is 0.348 e. The van der Waals surface area contributed by atoms with Gasteiger partial charge in [0.05, 0.1) is 4.92 Å². The number of nitrogens with two attached hydrogens (primary N) is 1. The van der Waals surface area contributed by atoms with Gasteiger partial charge in [-0.15, -0.1) is 12.4 Å².